The lowest BCUT2D eigenvalue weighted by molar-refractivity contribution is 0.0698. The minimum absolute atomic E-state index is 0.120. The smallest absolute Gasteiger partial charge is 0.337 e. The van der Waals surface area contributed by atoms with Crippen LogP contribution in [0.2, 0.25) is 0 Å². The number of ether oxygens (including phenoxy) is 1. The zero-order valence-electron chi connectivity index (χ0n) is 13.7. The van der Waals surface area contributed by atoms with Crippen molar-refractivity contribution < 1.29 is 14.6 Å². The minimum atomic E-state index is -1.02. The molecule has 5 nitrogen and oxygen atoms in total. The number of rotatable bonds is 5. The summed E-state index contributed by atoms with van der Waals surface area (Å²) >= 11 is 0. The topological polar surface area (TPSA) is 84.6 Å². The predicted molar refractivity (Wildman–Crippen MR) is 95.5 cm³/mol. The highest BCUT2D eigenvalue weighted by atomic mass is 16.5. The lowest BCUT2D eigenvalue weighted by Crippen LogP contribution is -2.19. The molecule has 1 aliphatic heterocycles. The third-order valence-electron chi connectivity index (χ3n) is 4.46. The molecule has 0 aromatic heterocycles. The molecule has 2 aromatic carbocycles. The standard InChI is InChI=1S/C19H22N2O3/c1-12-16(21-11-14-8-5-9-24-14)10-15(19(22)23)18(20)17(12)13-6-3-2-4-7-13/h2-4,6-7,10,14,21H,5,8-9,11,20H2,1H3,(H,22,23). The summed E-state index contributed by atoms with van der Waals surface area (Å²) in [6, 6.07) is 11.3. The van der Waals surface area contributed by atoms with Crippen molar-refractivity contribution in [3.05, 3.63) is 47.5 Å². The quantitative estimate of drug-likeness (QED) is 0.732. The maximum absolute atomic E-state index is 11.6. The highest BCUT2D eigenvalue weighted by molar-refractivity contribution is 6.01. The maximum Gasteiger partial charge on any atom is 0.337 e. The molecule has 3 rings (SSSR count). The largest absolute Gasteiger partial charge is 0.478 e. The van der Waals surface area contributed by atoms with E-state index >= 15 is 0 Å². The van der Waals surface area contributed by atoms with E-state index < -0.39 is 5.97 Å². The van der Waals surface area contributed by atoms with Crippen molar-refractivity contribution in [2.45, 2.75) is 25.9 Å². The lowest BCUT2D eigenvalue weighted by atomic mass is 9.94. The van der Waals surface area contributed by atoms with Crippen molar-refractivity contribution in [1.29, 1.82) is 0 Å². The third kappa shape index (κ3) is 3.21. The zero-order chi connectivity index (χ0) is 17.1. The number of nitrogens with one attached hydrogen (secondary N) is 1. The second kappa shape index (κ2) is 6.93. The van der Waals surface area contributed by atoms with Crippen LogP contribution in [0.25, 0.3) is 11.1 Å². The second-order valence-electron chi connectivity index (χ2n) is 6.07. The molecule has 1 saturated heterocycles. The molecule has 1 heterocycles. The fraction of sp³-hybridized carbons (Fsp3) is 0.316. The number of aromatic carboxylic acids is 1. The van der Waals surface area contributed by atoms with Crippen molar-refractivity contribution in [2.75, 3.05) is 24.2 Å². The predicted octanol–water partition coefficient (Wildman–Crippen LogP) is 3.53. The Morgan fingerprint density at radius 3 is 2.75 bits per heavy atom. The fourth-order valence-electron chi connectivity index (χ4n) is 3.17. The number of benzene rings is 2. The normalized spacial score (nSPS) is 17.0. The van der Waals surface area contributed by atoms with E-state index in [9.17, 15) is 9.90 Å². The summed E-state index contributed by atoms with van der Waals surface area (Å²) in [4.78, 5) is 11.6. The van der Waals surface area contributed by atoms with Gasteiger partial charge in [-0.05, 0) is 37.0 Å². The van der Waals surface area contributed by atoms with Gasteiger partial charge in [-0.15, -0.1) is 0 Å². The van der Waals surface area contributed by atoms with Gasteiger partial charge in [0.2, 0.25) is 0 Å². The van der Waals surface area contributed by atoms with Crippen LogP contribution in [-0.4, -0.2) is 30.3 Å². The van der Waals surface area contributed by atoms with Crippen LogP contribution in [0.1, 0.15) is 28.8 Å². The van der Waals surface area contributed by atoms with E-state index in [0.29, 0.717) is 12.2 Å². The molecule has 0 spiro atoms. The number of nitrogen functional groups attached to an aromatic ring is 1. The number of carboxylic acids is 1. The third-order valence-corrected chi connectivity index (χ3v) is 4.46. The van der Waals surface area contributed by atoms with Crippen molar-refractivity contribution in [2.24, 2.45) is 0 Å². The van der Waals surface area contributed by atoms with Gasteiger partial charge in [0, 0.05) is 24.4 Å². The van der Waals surface area contributed by atoms with Crippen LogP contribution in [0.4, 0.5) is 11.4 Å². The van der Waals surface area contributed by atoms with Gasteiger partial charge in [-0.1, -0.05) is 30.3 Å². The average molecular weight is 326 g/mol. The molecule has 24 heavy (non-hydrogen) atoms. The summed E-state index contributed by atoms with van der Waals surface area (Å²) in [5.74, 6) is -1.02. The van der Waals surface area contributed by atoms with Gasteiger partial charge in [-0.3, -0.25) is 0 Å². The van der Waals surface area contributed by atoms with Gasteiger partial charge in [0.05, 0.1) is 17.4 Å². The molecule has 0 amide bonds. The van der Waals surface area contributed by atoms with Crippen molar-refractivity contribution in [1.82, 2.24) is 0 Å². The summed E-state index contributed by atoms with van der Waals surface area (Å²) < 4.78 is 5.63. The Bertz CT molecular complexity index is 738. The van der Waals surface area contributed by atoms with Crippen molar-refractivity contribution >= 4 is 17.3 Å². The number of carboxylic acid groups (broad SMARTS) is 1. The first-order chi connectivity index (χ1) is 11.6. The first-order valence-electron chi connectivity index (χ1n) is 8.15. The molecule has 5 heteroatoms. The summed E-state index contributed by atoms with van der Waals surface area (Å²) in [5.41, 5.74) is 10.0. The van der Waals surface area contributed by atoms with Crippen molar-refractivity contribution in [3.63, 3.8) is 0 Å². The van der Waals surface area contributed by atoms with E-state index in [0.717, 1.165) is 41.8 Å². The van der Waals surface area contributed by atoms with Crippen LogP contribution in [0.3, 0.4) is 0 Å². The molecular formula is C19H22N2O3. The summed E-state index contributed by atoms with van der Waals surface area (Å²) in [6.07, 6.45) is 2.27. The van der Waals surface area contributed by atoms with Gasteiger partial charge < -0.3 is 20.9 Å². The van der Waals surface area contributed by atoms with E-state index in [2.05, 4.69) is 5.32 Å². The molecule has 2 aromatic rings. The average Bonchev–Trinajstić information content (AvgIpc) is 3.08. The highest BCUT2D eigenvalue weighted by Crippen LogP contribution is 2.37. The molecule has 0 aliphatic carbocycles. The minimum Gasteiger partial charge on any atom is -0.478 e. The van der Waals surface area contributed by atoms with Gasteiger partial charge in [-0.25, -0.2) is 4.79 Å². The number of hydrogen-bond acceptors (Lipinski definition) is 4. The highest BCUT2D eigenvalue weighted by Gasteiger charge is 2.20. The fourth-order valence-corrected chi connectivity index (χ4v) is 3.17. The van der Waals surface area contributed by atoms with Gasteiger partial charge >= 0.3 is 5.97 Å². The number of anilines is 2. The molecule has 1 unspecified atom stereocenters. The van der Waals surface area contributed by atoms with Crippen LogP contribution in [0.15, 0.2) is 36.4 Å². The first-order valence-corrected chi connectivity index (χ1v) is 8.15. The van der Waals surface area contributed by atoms with E-state index in [4.69, 9.17) is 10.5 Å². The zero-order valence-corrected chi connectivity index (χ0v) is 13.7. The van der Waals surface area contributed by atoms with Crippen LogP contribution in [-0.2, 0) is 4.74 Å². The van der Waals surface area contributed by atoms with Crippen LogP contribution >= 0.6 is 0 Å². The Kier molecular flexibility index (Phi) is 4.71. The Morgan fingerprint density at radius 1 is 1.38 bits per heavy atom. The molecule has 1 atom stereocenters. The van der Waals surface area contributed by atoms with Crippen LogP contribution < -0.4 is 11.1 Å². The van der Waals surface area contributed by atoms with Gasteiger partial charge in [0.25, 0.3) is 0 Å². The number of hydrogen-bond donors (Lipinski definition) is 3. The Morgan fingerprint density at radius 2 is 2.12 bits per heavy atom. The van der Waals surface area contributed by atoms with E-state index in [-0.39, 0.29) is 11.7 Å². The molecule has 1 fully saturated rings. The second-order valence-corrected chi connectivity index (χ2v) is 6.07. The van der Waals surface area contributed by atoms with E-state index in [1.54, 1.807) is 6.07 Å². The Hall–Kier alpha value is -2.53. The van der Waals surface area contributed by atoms with Crippen LogP contribution in [0, 0.1) is 6.92 Å². The SMILES string of the molecule is Cc1c(NCC2CCCO2)cc(C(=O)O)c(N)c1-c1ccccc1. The molecule has 4 N–H and O–H groups in total. The Labute approximate surface area is 141 Å². The number of nitrogens with two attached hydrogens (primary N) is 1. The van der Waals surface area contributed by atoms with E-state index in [1.165, 1.54) is 0 Å². The molecule has 126 valence electrons. The lowest BCUT2D eigenvalue weighted by Gasteiger charge is -2.19. The van der Waals surface area contributed by atoms with Gasteiger partial charge in [0.1, 0.15) is 0 Å². The molecule has 0 bridgehead atoms. The van der Waals surface area contributed by atoms with Gasteiger partial charge in [0.15, 0.2) is 0 Å². The maximum atomic E-state index is 11.6. The monoisotopic (exact) mass is 326 g/mol. The summed E-state index contributed by atoms with van der Waals surface area (Å²) in [5, 5.41) is 12.8. The van der Waals surface area contributed by atoms with Crippen molar-refractivity contribution in [3.8, 4) is 11.1 Å². The summed E-state index contributed by atoms with van der Waals surface area (Å²) in [6.45, 7) is 3.42. The molecule has 0 radical (unpaired) electrons. The first kappa shape index (κ1) is 16.3. The van der Waals surface area contributed by atoms with Gasteiger partial charge in [-0.2, -0.15) is 0 Å². The Balaban J connectivity index is 2.01. The molecule has 0 saturated carbocycles. The number of carbonyl (C=O) groups is 1. The van der Waals surface area contributed by atoms with E-state index in [1.807, 2.05) is 37.3 Å². The molecule has 1 aliphatic rings. The summed E-state index contributed by atoms with van der Waals surface area (Å²) in [7, 11) is 0. The van der Waals surface area contributed by atoms with Crippen LogP contribution in [0.5, 0.6) is 0 Å². The molecular weight excluding hydrogens is 304 g/mol.